The highest BCUT2D eigenvalue weighted by Gasteiger charge is 2.27. The van der Waals surface area contributed by atoms with E-state index in [9.17, 15) is 9.59 Å². The highest BCUT2D eigenvalue weighted by Crippen LogP contribution is 2.18. The first-order valence-electron chi connectivity index (χ1n) is 8.23. The molecule has 1 N–H and O–H groups in total. The minimum atomic E-state index is -0.177. The Hall–Kier alpha value is -1.69. The van der Waals surface area contributed by atoms with E-state index in [0.29, 0.717) is 32.2 Å². The normalized spacial score (nSPS) is 19.7. The summed E-state index contributed by atoms with van der Waals surface area (Å²) in [5.41, 5.74) is 0. The van der Waals surface area contributed by atoms with Crippen molar-refractivity contribution in [1.82, 2.24) is 15.1 Å². The Bertz CT molecular complexity index is 561. The Morgan fingerprint density at radius 1 is 1.04 bits per heavy atom. The van der Waals surface area contributed by atoms with E-state index >= 15 is 0 Å². The molecular formula is C16H22ClN3O3. The van der Waals surface area contributed by atoms with Gasteiger partial charge in [-0.1, -0.05) is 19.3 Å². The van der Waals surface area contributed by atoms with Crippen LogP contribution in [0, 0.1) is 0 Å². The number of furan rings is 1. The van der Waals surface area contributed by atoms with E-state index in [0.717, 1.165) is 12.8 Å². The van der Waals surface area contributed by atoms with Crippen LogP contribution in [0.3, 0.4) is 0 Å². The fourth-order valence-corrected chi connectivity index (χ4v) is 3.36. The third kappa shape index (κ3) is 3.99. The summed E-state index contributed by atoms with van der Waals surface area (Å²) in [4.78, 5) is 28.0. The van der Waals surface area contributed by atoms with Crippen molar-refractivity contribution in [3.63, 3.8) is 0 Å². The molecule has 0 aromatic carbocycles. The standard InChI is InChI=1S/C16H22ClN3O3/c17-14-7-6-13(23-14)15(21)19-8-10-20(11-9-19)16(22)18-12-4-2-1-3-5-12/h6-7,12H,1-5,8-11H2,(H,18,22). The lowest BCUT2D eigenvalue weighted by molar-refractivity contribution is 0.0632. The number of piperazine rings is 1. The highest BCUT2D eigenvalue weighted by atomic mass is 35.5. The Balaban J connectivity index is 1.47. The SMILES string of the molecule is O=C(NC1CCCCC1)N1CCN(C(=O)c2ccc(Cl)o2)CC1. The van der Waals surface area contributed by atoms with Gasteiger partial charge in [0.1, 0.15) is 0 Å². The quantitative estimate of drug-likeness (QED) is 0.901. The van der Waals surface area contributed by atoms with Crippen molar-refractivity contribution < 1.29 is 14.0 Å². The van der Waals surface area contributed by atoms with E-state index in [1.165, 1.54) is 19.3 Å². The lowest BCUT2D eigenvalue weighted by atomic mass is 9.96. The summed E-state index contributed by atoms with van der Waals surface area (Å²) in [6, 6.07) is 3.43. The van der Waals surface area contributed by atoms with Crippen LogP contribution in [0.2, 0.25) is 5.22 Å². The lowest BCUT2D eigenvalue weighted by Gasteiger charge is -2.35. The molecule has 7 heteroatoms. The molecule has 3 amide bonds. The molecule has 1 aliphatic heterocycles. The number of carbonyl (C=O) groups is 2. The van der Waals surface area contributed by atoms with Gasteiger partial charge in [0, 0.05) is 32.2 Å². The molecule has 23 heavy (non-hydrogen) atoms. The van der Waals surface area contributed by atoms with E-state index in [1.54, 1.807) is 21.9 Å². The maximum absolute atomic E-state index is 12.3. The van der Waals surface area contributed by atoms with Crippen LogP contribution in [-0.4, -0.2) is 54.0 Å². The summed E-state index contributed by atoms with van der Waals surface area (Å²) >= 11 is 5.70. The molecule has 2 heterocycles. The van der Waals surface area contributed by atoms with Crippen LogP contribution >= 0.6 is 11.6 Å². The molecule has 0 atom stereocenters. The summed E-state index contributed by atoms with van der Waals surface area (Å²) in [6.45, 7) is 2.10. The zero-order chi connectivity index (χ0) is 16.2. The molecule has 1 aromatic rings. The number of urea groups is 1. The number of hydrogen-bond acceptors (Lipinski definition) is 3. The molecule has 0 bridgehead atoms. The van der Waals surface area contributed by atoms with E-state index < -0.39 is 0 Å². The molecule has 1 saturated heterocycles. The second kappa shape index (κ2) is 7.25. The fourth-order valence-electron chi connectivity index (χ4n) is 3.21. The zero-order valence-corrected chi connectivity index (χ0v) is 13.8. The number of nitrogens with one attached hydrogen (secondary N) is 1. The van der Waals surface area contributed by atoms with Gasteiger partial charge < -0.3 is 19.5 Å². The molecule has 1 aromatic heterocycles. The first-order chi connectivity index (χ1) is 11.1. The van der Waals surface area contributed by atoms with Crippen molar-refractivity contribution in [2.45, 2.75) is 38.1 Å². The Kier molecular flexibility index (Phi) is 5.10. The maximum Gasteiger partial charge on any atom is 0.317 e. The van der Waals surface area contributed by atoms with Gasteiger partial charge in [-0.3, -0.25) is 4.79 Å². The summed E-state index contributed by atoms with van der Waals surface area (Å²) in [5.74, 6) is 0.0688. The van der Waals surface area contributed by atoms with Crippen LogP contribution in [0.1, 0.15) is 42.7 Å². The van der Waals surface area contributed by atoms with Crippen molar-refractivity contribution >= 4 is 23.5 Å². The van der Waals surface area contributed by atoms with Crippen molar-refractivity contribution in [3.8, 4) is 0 Å². The lowest BCUT2D eigenvalue weighted by Crippen LogP contribution is -2.54. The Morgan fingerprint density at radius 3 is 2.30 bits per heavy atom. The Morgan fingerprint density at radius 2 is 1.70 bits per heavy atom. The van der Waals surface area contributed by atoms with Crippen molar-refractivity contribution in [2.24, 2.45) is 0 Å². The number of carbonyl (C=O) groups excluding carboxylic acids is 2. The molecule has 6 nitrogen and oxygen atoms in total. The van der Waals surface area contributed by atoms with Gasteiger partial charge in [-0.2, -0.15) is 0 Å². The smallest absolute Gasteiger partial charge is 0.317 e. The van der Waals surface area contributed by atoms with Gasteiger partial charge in [0.2, 0.25) is 0 Å². The van der Waals surface area contributed by atoms with Gasteiger partial charge >= 0.3 is 6.03 Å². The number of halogens is 1. The zero-order valence-electron chi connectivity index (χ0n) is 13.1. The van der Waals surface area contributed by atoms with E-state index in [-0.39, 0.29) is 22.9 Å². The molecule has 1 saturated carbocycles. The second-order valence-corrected chi connectivity index (χ2v) is 6.54. The number of rotatable bonds is 2. The van der Waals surface area contributed by atoms with Gasteiger partial charge in [-0.25, -0.2) is 4.79 Å². The van der Waals surface area contributed by atoms with E-state index in [1.807, 2.05) is 0 Å². The average Bonchev–Trinajstić information content (AvgIpc) is 3.02. The van der Waals surface area contributed by atoms with Crippen LogP contribution in [0.5, 0.6) is 0 Å². The van der Waals surface area contributed by atoms with Gasteiger partial charge in [0.25, 0.3) is 5.91 Å². The molecular weight excluding hydrogens is 318 g/mol. The monoisotopic (exact) mass is 339 g/mol. The molecule has 0 unspecified atom stereocenters. The van der Waals surface area contributed by atoms with Crippen LogP contribution in [0.4, 0.5) is 4.79 Å². The number of hydrogen-bond donors (Lipinski definition) is 1. The van der Waals surface area contributed by atoms with Crippen LogP contribution < -0.4 is 5.32 Å². The van der Waals surface area contributed by atoms with Crippen molar-refractivity contribution in [3.05, 3.63) is 23.1 Å². The van der Waals surface area contributed by atoms with E-state index in [2.05, 4.69) is 5.32 Å². The van der Waals surface area contributed by atoms with Gasteiger partial charge in [-0.15, -0.1) is 0 Å². The maximum atomic E-state index is 12.3. The van der Waals surface area contributed by atoms with Crippen molar-refractivity contribution in [2.75, 3.05) is 26.2 Å². The summed E-state index contributed by atoms with van der Waals surface area (Å²) < 4.78 is 5.15. The van der Waals surface area contributed by atoms with Crippen LogP contribution in [0.25, 0.3) is 0 Å². The summed E-state index contributed by atoms with van der Waals surface area (Å²) in [7, 11) is 0. The van der Waals surface area contributed by atoms with Crippen LogP contribution in [-0.2, 0) is 0 Å². The van der Waals surface area contributed by atoms with Gasteiger partial charge in [0.15, 0.2) is 11.0 Å². The third-order valence-corrected chi connectivity index (χ3v) is 4.77. The van der Waals surface area contributed by atoms with Gasteiger partial charge in [-0.05, 0) is 36.6 Å². The van der Waals surface area contributed by atoms with Crippen molar-refractivity contribution in [1.29, 1.82) is 0 Å². The minimum Gasteiger partial charge on any atom is -0.440 e. The molecule has 3 rings (SSSR count). The topological polar surface area (TPSA) is 65.8 Å². The fraction of sp³-hybridized carbons (Fsp3) is 0.625. The largest absolute Gasteiger partial charge is 0.440 e. The minimum absolute atomic E-state index is 0.00922. The first kappa shape index (κ1) is 16.2. The molecule has 2 aliphatic rings. The summed E-state index contributed by atoms with van der Waals surface area (Å²) in [6.07, 6.45) is 5.80. The first-order valence-corrected chi connectivity index (χ1v) is 8.61. The molecule has 126 valence electrons. The average molecular weight is 340 g/mol. The second-order valence-electron chi connectivity index (χ2n) is 6.17. The Labute approximate surface area is 140 Å². The summed E-state index contributed by atoms with van der Waals surface area (Å²) in [5, 5.41) is 3.32. The third-order valence-electron chi connectivity index (χ3n) is 4.57. The predicted molar refractivity (Wildman–Crippen MR) is 86.6 cm³/mol. The predicted octanol–water partition coefficient (Wildman–Crippen LogP) is 2.73. The number of amides is 3. The molecule has 2 fully saturated rings. The molecule has 0 spiro atoms. The highest BCUT2D eigenvalue weighted by molar-refractivity contribution is 6.29. The van der Waals surface area contributed by atoms with E-state index in [4.69, 9.17) is 16.0 Å². The van der Waals surface area contributed by atoms with Crippen LogP contribution in [0.15, 0.2) is 16.5 Å². The molecule has 1 aliphatic carbocycles. The number of nitrogens with zero attached hydrogens (tertiary/aromatic N) is 2. The van der Waals surface area contributed by atoms with Gasteiger partial charge in [0.05, 0.1) is 0 Å². The molecule has 0 radical (unpaired) electrons.